The van der Waals surface area contributed by atoms with E-state index in [-0.39, 0.29) is 5.91 Å². The van der Waals surface area contributed by atoms with E-state index in [9.17, 15) is 13.6 Å². The van der Waals surface area contributed by atoms with E-state index in [1.54, 1.807) is 6.92 Å². The molecule has 2 aromatic rings. The SMILES string of the molecule is CCC(=O)Nc1nc(-c2ccc(F)c(F)c2)c(N)s1. The molecule has 0 spiro atoms. The standard InChI is InChI=1S/C12H11F2N3OS/c1-2-9(18)16-12-17-10(11(15)19-12)6-3-4-7(13)8(14)5-6/h3-5H,2,15H2,1H3,(H,16,17,18). The van der Waals surface area contributed by atoms with Crippen molar-refractivity contribution in [3.63, 3.8) is 0 Å². The Morgan fingerprint density at radius 3 is 2.79 bits per heavy atom. The first kappa shape index (κ1) is 13.4. The van der Waals surface area contributed by atoms with Gasteiger partial charge in [0.05, 0.1) is 0 Å². The van der Waals surface area contributed by atoms with Gasteiger partial charge in [0, 0.05) is 12.0 Å². The highest BCUT2D eigenvalue weighted by Gasteiger charge is 2.13. The van der Waals surface area contributed by atoms with Crippen LogP contribution >= 0.6 is 11.3 Å². The molecule has 1 amide bonds. The number of halogens is 2. The predicted molar refractivity (Wildman–Crippen MR) is 70.8 cm³/mol. The molecule has 7 heteroatoms. The number of carbonyl (C=O) groups excluding carboxylic acids is 1. The Balaban J connectivity index is 2.34. The van der Waals surface area contributed by atoms with Crippen LogP contribution in [0.25, 0.3) is 11.3 Å². The number of nitrogens with two attached hydrogens (primary N) is 1. The zero-order valence-electron chi connectivity index (χ0n) is 10.0. The van der Waals surface area contributed by atoms with E-state index in [0.29, 0.717) is 27.8 Å². The van der Waals surface area contributed by atoms with E-state index < -0.39 is 11.6 Å². The molecule has 0 radical (unpaired) electrons. The zero-order valence-corrected chi connectivity index (χ0v) is 10.9. The maximum Gasteiger partial charge on any atom is 0.225 e. The van der Waals surface area contributed by atoms with Crippen LogP contribution in [-0.2, 0) is 4.79 Å². The second-order valence-corrected chi connectivity index (χ2v) is 4.79. The predicted octanol–water partition coefficient (Wildman–Crippen LogP) is 3.02. The number of benzene rings is 1. The Hall–Kier alpha value is -2.02. The first-order chi connectivity index (χ1) is 9.01. The Morgan fingerprint density at radius 1 is 1.42 bits per heavy atom. The van der Waals surface area contributed by atoms with E-state index in [1.165, 1.54) is 6.07 Å². The monoisotopic (exact) mass is 283 g/mol. The summed E-state index contributed by atoms with van der Waals surface area (Å²) in [7, 11) is 0. The van der Waals surface area contributed by atoms with Gasteiger partial charge in [-0.3, -0.25) is 4.79 Å². The van der Waals surface area contributed by atoms with Crippen LogP contribution in [0.15, 0.2) is 18.2 Å². The van der Waals surface area contributed by atoms with Crippen molar-refractivity contribution in [3.8, 4) is 11.3 Å². The first-order valence-corrected chi connectivity index (χ1v) is 6.34. The number of anilines is 2. The Morgan fingerprint density at radius 2 is 2.16 bits per heavy atom. The molecule has 0 aliphatic rings. The number of carbonyl (C=O) groups is 1. The quantitative estimate of drug-likeness (QED) is 0.909. The van der Waals surface area contributed by atoms with Gasteiger partial charge in [-0.1, -0.05) is 18.3 Å². The van der Waals surface area contributed by atoms with Gasteiger partial charge < -0.3 is 11.1 Å². The molecule has 100 valence electrons. The van der Waals surface area contributed by atoms with E-state index in [1.807, 2.05) is 0 Å². The minimum Gasteiger partial charge on any atom is -0.389 e. The van der Waals surface area contributed by atoms with Gasteiger partial charge in [-0.15, -0.1) is 0 Å². The number of hydrogen-bond donors (Lipinski definition) is 2. The van der Waals surface area contributed by atoms with Crippen LogP contribution in [-0.4, -0.2) is 10.9 Å². The number of amides is 1. The molecule has 4 nitrogen and oxygen atoms in total. The number of nitrogens with one attached hydrogen (secondary N) is 1. The third kappa shape index (κ3) is 2.87. The van der Waals surface area contributed by atoms with Crippen LogP contribution in [0.2, 0.25) is 0 Å². The second kappa shape index (κ2) is 5.31. The maximum atomic E-state index is 13.2. The molecule has 0 atom stereocenters. The highest BCUT2D eigenvalue weighted by atomic mass is 32.1. The summed E-state index contributed by atoms with van der Waals surface area (Å²) in [6.07, 6.45) is 0.319. The summed E-state index contributed by atoms with van der Waals surface area (Å²) in [5.41, 5.74) is 6.46. The highest BCUT2D eigenvalue weighted by molar-refractivity contribution is 7.20. The van der Waals surface area contributed by atoms with Crippen molar-refractivity contribution in [1.29, 1.82) is 0 Å². The molecule has 0 saturated carbocycles. The van der Waals surface area contributed by atoms with Gasteiger partial charge in [0.2, 0.25) is 5.91 Å². The molecule has 0 saturated heterocycles. The van der Waals surface area contributed by atoms with Crippen molar-refractivity contribution in [2.24, 2.45) is 0 Å². The largest absolute Gasteiger partial charge is 0.389 e. The van der Waals surface area contributed by atoms with E-state index in [4.69, 9.17) is 5.73 Å². The molecule has 19 heavy (non-hydrogen) atoms. The maximum absolute atomic E-state index is 13.2. The van der Waals surface area contributed by atoms with Crippen LogP contribution in [0.4, 0.5) is 18.9 Å². The Bertz CT molecular complexity index is 627. The first-order valence-electron chi connectivity index (χ1n) is 5.52. The van der Waals surface area contributed by atoms with E-state index in [0.717, 1.165) is 23.5 Å². The van der Waals surface area contributed by atoms with Crippen molar-refractivity contribution in [2.75, 3.05) is 11.1 Å². The summed E-state index contributed by atoms with van der Waals surface area (Å²) in [4.78, 5) is 15.4. The fraction of sp³-hybridized carbons (Fsp3) is 0.167. The number of thiazole rings is 1. The van der Waals surface area contributed by atoms with E-state index >= 15 is 0 Å². The number of rotatable bonds is 3. The number of nitrogens with zero attached hydrogens (tertiary/aromatic N) is 1. The van der Waals surface area contributed by atoms with Crippen LogP contribution in [0, 0.1) is 11.6 Å². The minimum atomic E-state index is -0.968. The zero-order chi connectivity index (χ0) is 14.0. The van der Waals surface area contributed by atoms with Gasteiger partial charge >= 0.3 is 0 Å². The third-order valence-corrected chi connectivity index (χ3v) is 3.21. The third-order valence-electron chi connectivity index (χ3n) is 2.41. The molecule has 1 heterocycles. The van der Waals surface area contributed by atoms with Crippen molar-refractivity contribution < 1.29 is 13.6 Å². The lowest BCUT2D eigenvalue weighted by molar-refractivity contribution is -0.115. The molecule has 1 aromatic carbocycles. The summed E-state index contributed by atoms with van der Waals surface area (Å²) in [5.74, 6) is -2.09. The summed E-state index contributed by atoms with van der Waals surface area (Å²) in [6, 6.07) is 3.41. The van der Waals surface area contributed by atoms with Gasteiger partial charge in [0.25, 0.3) is 0 Å². The van der Waals surface area contributed by atoms with Crippen LogP contribution in [0.3, 0.4) is 0 Å². The van der Waals surface area contributed by atoms with Gasteiger partial charge in [-0.05, 0) is 18.2 Å². The Labute approximate surface area is 112 Å². The fourth-order valence-corrected chi connectivity index (χ4v) is 2.21. The topological polar surface area (TPSA) is 68.0 Å². The lowest BCUT2D eigenvalue weighted by Crippen LogP contribution is -2.08. The summed E-state index contributed by atoms with van der Waals surface area (Å²) in [5, 5.41) is 3.24. The number of aromatic nitrogens is 1. The minimum absolute atomic E-state index is 0.189. The van der Waals surface area contributed by atoms with Gasteiger partial charge in [-0.25, -0.2) is 13.8 Å². The molecule has 0 aliphatic carbocycles. The number of nitrogen functional groups attached to an aromatic ring is 1. The number of hydrogen-bond acceptors (Lipinski definition) is 4. The van der Waals surface area contributed by atoms with Crippen molar-refractivity contribution >= 4 is 27.4 Å². The van der Waals surface area contributed by atoms with Crippen LogP contribution in [0.1, 0.15) is 13.3 Å². The molecule has 0 fully saturated rings. The molecule has 2 rings (SSSR count). The van der Waals surface area contributed by atoms with E-state index in [2.05, 4.69) is 10.3 Å². The summed E-state index contributed by atoms with van der Waals surface area (Å²) >= 11 is 1.08. The molecule has 0 aliphatic heterocycles. The highest BCUT2D eigenvalue weighted by Crippen LogP contribution is 2.33. The molecular weight excluding hydrogens is 272 g/mol. The van der Waals surface area contributed by atoms with Gasteiger partial charge in [0.1, 0.15) is 10.7 Å². The fourth-order valence-electron chi connectivity index (χ4n) is 1.44. The average molecular weight is 283 g/mol. The lowest BCUT2D eigenvalue weighted by atomic mass is 10.1. The Kier molecular flexibility index (Phi) is 3.75. The van der Waals surface area contributed by atoms with Crippen LogP contribution in [0.5, 0.6) is 0 Å². The normalized spacial score (nSPS) is 10.5. The molecule has 1 aromatic heterocycles. The molecule has 0 unspecified atom stereocenters. The smallest absolute Gasteiger partial charge is 0.225 e. The molecular formula is C12H11F2N3OS. The summed E-state index contributed by atoms with van der Waals surface area (Å²) in [6.45, 7) is 1.71. The van der Waals surface area contributed by atoms with Crippen molar-refractivity contribution in [1.82, 2.24) is 4.98 Å². The van der Waals surface area contributed by atoms with Gasteiger partial charge in [0.15, 0.2) is 16.8 Å². The van der Waals surface area contributed by atoms with Crippen molar-refractivity contribution in [3.05, 3.63) is 29.8 Å². The second-order valence-electron chi connectivity index (χ2n) is 3.76. The van der Waals surface area contributed by atoms with Crippen molar-refractivity contribution in [2.45, 2.75) is 13.3 Å². The van der Waals surface area contributed by atoms with Crippen LogP contribution < -0.4 is 11.1 Å². The lowest BCUT2D eigenvalue weighted by Gasteiger charge is -1.99. The summed E-state index contributed by atoms with van der Waals surface area (Å²) < 4.78 is 26.0. The molecule has 3 N–H and O–H groups in total. The van der Waals surface area contributed by atoms with Gasteiger partial charge in [-0.2, -0.15) is 0 Å². The molecule has 0 bridgehead atoms. The average Bonchev–Trinajstić information content (AvgIpc) is 2.73.